The number of nitrogens with one attached hydrogen (secondary N) is 1. The van der Waals surface area contributed by atoms with Crippen LogP contribution in [0.4, 0.5) is 0 Å². The molecule has 17 heavy (non-hydrogen) atoms. The smallest absolute Gasteiger partial charge is 0.0553 e. The molecule has 1 unspecified atom stereocenters. The molecule has 1 saturated carbocycles. The summed E-state index contributed by atoms with van der Waals surface area (Å²) in [7, 11) is 0. The highest BCUT2D eigenvalue weighted by atomic mass is 32.1. The van der Waals surface area contributed by atoms with E-state index in [1.807, 2.05) is 11.3 Å². The maximum Gasteiger partial charge on any atom is 0.0553 e. The van der Waals surface area contributed by atoms with Gasteiger partial charge in [0.1, 0.15) is 0 Å². The second-order valence-corrected chi connectivity index (χ2v) is 6.57. The summed E-state index contributed by atoms with van der Waals surface area (Å²) in [6, 6.07) is 4.76. The van der Waals surface area contributed by atoms with Crippen molar-refractivity contribution < 1.29 is 0 Å². The molecule has 0 bridgehead atoms. The van der Waals surface area contributed by atoms with E-state index in [2.05, 4.69) is 24.5 Å². The van der Waals surface area contributed by atoms with Gasteiger partial charge < -0.3 is 0 Å². The first-order valence-electron chi connectivity index (χ1n) is 6.82. The van der Waals surface area contributed by atoms with Gasteiger partial charge in [-0.05, 0) is 37.8 Å². The van der Waals surface area contributed by atoms with Crippen LogP contribution in [0.2, 0.25) is 0 Å². The predicted molar refractivity (Wildman–Crippen MR) is 74.9 cm³/mol. The van der Waals surface area contributed by atoms with Gasteiger partial charge in [-0.3, -0.25) is 11.3 Å². The van der Waals surface area contributed by atoms with Crippen LogP contribution in [0.5, 0.6) is 0 Å². The fourth-order valence-corrected chi connectivity index (χ4v) is 3.80. The molecule has 3 heteroatoms. The van der Waals surface area contributed by atoms with Crippen molar-refractivity contribution in [1.82, 2.24) is 5.43 Å². The molecule has 2 rings (SSSR count). The van der Waals surface area contributed by atoms with E-state index in [9.17, 15) is 0 Å². The third-order valence-electron chi connectivity index (χ3n) is 3.89. The molecule has 1 atom stereocenters. The lowest BCUT2D eigenvalue weighted by Crippen LogP contribution is -2.28. The lowest BCUT2D eigenvalue weighted by atomic mass is 9.85. The van der Waals surface area contributed by atoms with Crippen molar-refractivity contribution in [2.75, 3.05) is 0 Å². The number of thiophene rings is 1. The Labute approximate surface area is 109 Å². The Morgan fingerprint density at radius 1 is 1.35 bits per heavy atom. The van der Waals surface area contributed by atoms with E-state index in [-0.39, 0.29) is 0 Å². The maximum absolute atomic E-state index is 5.69. The van der Waals surface area contributed by atoms with Gasteiger partial charge in [0.15, 0.2) is 0 Å². The molecule has 96 valence electrons. The summed E-state index contributed by atoms with van der Waals surface area (Å²) in [5, 5.41) is 0. The van der Waals surface area contributed by atoms with Crippen molar-refractivity contribution in [3.05, 3.63) is 21.9 Å². The van der Waals surface area contributed by atoms with Gasteiger partial charge in [0.25, 0.3) is 0 Å². The molecule has 0 spiro atoms. The molecule has 0 amide bonds. The van der Waals surface area contributed by atoms with Crippen LogP contribution in [0.15, 0.2) is 12.1 Å². The summed E-state index contributed by atoms with van der Waals surface area (Å²) in [5.74, 6) is 6.63. The quantitative estimate of drug-likeness (QED) is 0.615. The van der Waals surface area contributed by atoms with Gasteiger partial charge >= 0.3 is 0 Å². The van der Waals surface area contributed by atoms with Gasteiger partial charge in [-0.2, -0.15) is 0 Å². The molecule has 1 aromatic heterocycles. The highest BCUT2D eigenvalue weighted by Gasteiger charge is 2.17. The summed E-state index contributed by atoms with van der Waals surface area (Å²) in [5.41, 5.74) is 2.98. The average molecular weight is 252 g/mol. The van der Waals surface area contributed by atoms with Crippen molar-refractivity contribution in [1.29, 1.82) is 0 Å². The largest absolute Gasteiger partial charge is 0.271 e. The Morgan fingerprint density at radius 3 is 2.71 bits per heavy atom. The van der Waals surface area contributed by atoms with Crippen molar-refractivity contribution in [3.63, 3.8) is 0 Å². The molecule has 1 aliphatic carbocycles. The van der Waals surface area contributed by atoms with Crippen molar-refractivity contribution >= 4 is 11.3 Å². The zero-order chi connectivity index (χ0) is 12.1. The minimum absolute atomic E-state index is 0.357. The SMILES string of the molecule is Cc1ccc(C(CCC2CCCCC2)NN)s1. The van der Waals surface area contributed by atoms with Crippen LogP contribution in [0, 0.1) is 12.8 Å². The number of aryl methyl sites for hydroxylation is 1. The summed E-state index contributed by atoms with van der Waals surface area (Å²) in [4.78, 5) is 2.76. The van der Waals surface area contributed by atoms with Gasteiger partial charge in [0.2, 0.25) is 0 Å². The van der Waals surface area contributed by atoms with Gasteiger partial charge in [-0.1, -0.05) is 32.1 Å². The Bertz CT molecular complexity index is 329. The Balaban J connectivity index is 1.82. The lowest BCUT2D eigenvalue weighted by Gasteiger charge is -2.23. The van der Waals surface area contributed by atoms with Crippen LogP contribution in [-0.4, -0.2) is 0 Å². The van der Waals surface area contributed by atoms with Crippen molar-refractivity contribution in [2.45, 2.75) is 57.9 Å². The van der Waals surface area contributed by atoms with Crippen LogP contribution in [0.1, 0.15) is 60.7 Å². The fraction of sp³-hybridized carbons (Fsp3) is 0.714. The zero-order valence-electron chi connectivity index (χ0n) is 10.7. The first kappa shape index (κ1) is 13.1. The maximum atomic E-state index is 5.69. The van der Waals surface area contributed by atoms with Crippen molar-refractivity contribution in [2.24, 2.45) is 11.8 Å². The lowest BCUT2D eigenvalue weighted by molar-refractivity contribution is 0.316. The molecule has 0 saturated heterocycles. The van der Waals surface area contributed by atoms with Gasteiger partial charge in [-0.15, -0.1) is 11.3 Å². The molecule has 0 aliphatic heterocycles. The fourth-order valence-electron chi connectivity index (χ4n) is 2.83. The van der Waals surface area contributed by atoms with Gasteiger partial charge in [0.05, 0.1) is 6.04 Å². The summed E-state index contributed by atoms with van der Waals surface area (Å²) >= 11 is 1.86. The predicted octanol–water partition coefficient (Wildman–Crippen LogP) is 3.92. The molecular formula is C14H24N2S. The number of hydrogen-bond donors (Lipinski definition) is 2. The minimum atomic E-state index is 0.357. The second kappa shape index (κ2) is 6.53. The van der Waals surface area contributed by atoms with Crippen molar-refractivity contribution in [3.8, 4) is 0 Å². The number of rotatable bonds is 5. The molecule has 0 aromatic carbocycles. The van der Waals surface area contributed by atoms with E-state index in [4.69, 9.17) is 5.84 Å². The highest BCUT2D eigenvalue weighted by molar-refractivity contribution is 7.12. The number of hydrogen-bond acceptors (Lipinski definition) is 3. The highest BCUT2D eigenvalue weighted by Crippen LogP contribution is 2.31. The van der Waals surface area contributed by atoms with E-state index in [1.165, 1.54) is 54.7 Å². The standard InChI is InChI=1S/C14H24N2S/c1-11-7-10-14(17-11)13(16-15)9-8-12-5-3-2-4-6-12/h7,10,12-13,16H,2-6,8-9,15H2,1H3. The number of nitrogens with two attached hydrogens (primary N) is 1. The summed E-state index contributed by atoms with van der Waals surface area (Å²) in [6.45, 7) is 2.16. The van der Waals surface area contributed by atoms with Crippen LogP contribution in [0.3, 0.4) is 0 Å². The van der Waals surface area contributed by atoms with E-state index >= 15 is 0 Å². The molecule has 2 nitrogen and oxygen atoms in total. The molecule has 1 aliphatic rings. The zero-order valence-corrected chi connectivity index (χ0v) is 11.6. The Hall–Kier alpha value is -0.380. The van der Waals surface area contributed by atoms with Crippen LogP contribution in [0.25, 0.3) is 0 Å². The Morgan fingerprint density at radius 2 is 2.12 bits per heavy atom. The van der Waals surface area contributed by atoms with Crippen LogP contribution in [-0.2, 0) is 0 Å². The van der Waals surface area contributed by atoms with Crippen LogP contribution < -0.4 is 11.3 Å². The Kier molecular flexibility index (Phi) is 5.01. The molecule has 0 radical (unpaired) electrons. The summed E-state index contributed by atoms with van der Waals surface area (Å²) in [6.07, 6.45) is 9.68. The average Bonchev–Trinajstić information content (AvgIpc) is 2.78. The van der Waals surface area contributed by atoms with Crippen LogP contribution >= 0.6 is 11.3 Å². The number of hydrazine groups is 1. The third kappa shape index (κ3) is 3.80. The van der Waals surface area contributed by atoms with E-state index in [0.717, 1.165) is 5.92 Å². The first-order chi connectivity index (χ1) is 8.29. The molecule has 1 aromatic rings. The molecule has 1 fully saturated rings. The monoisotopic (exact) mass is 252 g/mol. The first-order valence-corrected chi connectivity index (χ1v) is 7.63. The van der Waals surface area contributed by atoms with Gasteiger partial charge in [-0.25, -0.2) is 0 Å². The topological polar surface area (TPSA) is 38.0 Å². The molecule has 3 N–H and O–H groups in total. The summed E-state index contributed by atoms with van der Waals surface area (Å²) < 4.78 is 0. The minimum Gasteiger partial charge on any atom is -0.271 e. The third-order valence-corrected chi connectivity index (χ3v) is 5.01. The van der Waals surface area contributed by atoms with E-state index in [1.54, 1.807) is 0 Å². The normalized spacial score (nSPS) is 19.4. The van der Waals surface area contributed by atoms with E-state index in [0.29, 0.717) is 6.04 Å². The molecule has 1 heterocycles. The second-order valence-electron chi connectivity index (χ2n) is 5.25. The molecular weight excluding hydrogens is 228 g/mol. The van der Waals surface area contributed by atoms with E-state index < -0.39 is 0 Å². The van der Waals surface area contributed by atoms with Gasteiger partial charge in [0, 0.05) is 9.75 Å².